The molecule has 1 aliphatic heterocycles. The molecule has 2 aromatic rings. The van der Waals surface area contributed by atoms with Gasteiger partial charge in [-0.05, 0) is 35.0 Å². The Morgan fingerprint density at radius 2 is 1.80 bits per heavy atom. The molecule has 30 heavy (non-hydrogen) atoms. The Kier molecular flexibility index (Phi) is 6.61. The van der Waals surface area contributed by atoms with E-state index in [0.717, 1.165) is 34.4 Å². The molecule has 0 aliphatic carbocycles. The number of nitrogens with one attached hydrogen (secondary N) is 1. The Bertz CT molecular complexity index is 990. The Labute approximate surface area is 174 Å². The van der Waals surface area contributed by atoms with Gasteiger partial charge in [-0.15, -0.1) is 0 Å². The van der Waals surface area contributed by atoms with Gasteiger partial charge < -0.3 is 5.32 Å². The van der Waals surface area contributed by atoms with Gasteiger partial charge in [0, 0.05) is 13.1 Å². The summed E-state index contributed by atoms with van der Waals surface area (Å²) >= 11 is 0.821. The number of hydrogen-bond acceptors (Lipinski definition) is 4. The van der Waals surface area contributed by atoms with Crippen LogP contribution in [0.2, 0.25) is 0 Å². The van der Waals surface area contributed by atoms with Gasteiger partial charge in [0.25, 0.3) is 11.1 Å². The molecule has 1 N–H and O–H groups in total. The molecule has 0 unspecified atom stereocenters. The molecule has 0 bridgehead atoms. The van der Waals surface area contributed by atoms with Crippen molar-refractivity contribution in [3.8, 4) is 0 Å². The average Bonchev–Trinajstić information content (AvgIpc) is 2.95. The molecule has 1 aliphatic rings. The van der Waals surface area contributed by atoms with Crippen LogP contribution in [0.5, 0.6) is 0 Å². The number of alkyl halides is 3. The van der Waals surface area contributed by atoms with Gasteiger partial charge in [-0.3, -0.25) is 19.3 Å². The van der Waals surface area contributed by atoms with Crippen molar-refractivity contribution in [1.82, 2.24) is 10.2 Å². The van der Waals surface area contributed by atoms with Gasteiger partial charge in [-0.1, -0.05) is 48.5 Å². The highest BCUT2D eigenvalue weighted by Gasteiger charge is 2.34. The molecule has 1 fully saturated rings. The van der Waals surface area contributed by atoms with E-state index in [-0.39, 0.29) is 25.1 Å². The predicted octanol–water partition coefficient (Wildman–Crippen LogP) is 4.10. The van der Waals surface area contributed by atoms with Crippen LogP contribution in [0.25, 0.3) is 6.08 Å². The lowest BCUT2D eigenvalue weighted by atomic mass is 10.1. The van der Waals surface area contributed by atoms with Crippen molar-refractivity contribution < 1.29 is 27.6 Å². The molecule has 0 aromatic heterocycles. The standard InChI is InChI=1S/C21H17F3N2O3S/c22-21(23,24)16-8-4-7-15(11-16)13-18(27)25-9-10-26-19(28)17(30-20(26)29)12-14-5-2-1-3-6-14/h1-8,11-12H,9-10,13H2,(H,25,27)/b17-12-. The topological polar surface area (TPSA) is 66.5 Å². The maximum atomic E-state index is 12.7. The van der Waals surface area contributed by atoms with Gasteiger partial charge in [-0.25, -0.2) is 0 Å². The summed E-state index contributed by atoms with van der Waals surface area (Å²) in [5, 5.41) is 2.09. The molecule has 0 spiro atoms. The minimum Gasteiger partial charge on any atom is -0.354 e. The molecular formula is C21H17F3N2O3S. The summed E-state index contributed by atoms with van der Waals surface area (Å²) in [6, 6.07) is 13.6. The summed E-state index contributed by atoms with van der Waals surface area (Å²) in [6.07, 6.45) is -3.09. The van der Waals surface area contributed by atoms with Crippen molar-refractivity contribution in [3.05, 3.63) is 76.2 Å². The average molecular weight is 434 g/mol. The summed E-state index contributed by atoms with van der Waals surface area (Å²) in [5.74, 6) is -0.942. The van der Waals surface area contributed by atoms with Gasteiger partial charge in [0.1, 0.15) is 0 Å². The van der Waals surface area contributed by atoms with Crippen LogP contribution < -0.4 is 5.32 Å². The van der Waals surface area contributed by atoms with Crippen LogP contribution >= 0.6 is 11.8 Å². The quantitative estimate of drug-likeness (QED) is 0.696. The second-order valence-corrected chi connectivity index (χ2v) is 7.46. The second-order valence-electron chi connectivity index (χ2n) is 6.47. The van der Waals surface area contributed by atoms with E-state index in [9.17, 15) is 27.6 Å². The highest BCUT2D eigenvalue weighted by molar-refractivity contribution is 8.18. The normalized spacial score (nSPS) is 15.7. The highest BCUT2D eigenvalue weighted by Crippen LogP contribution is 2.32. The van der Waals surface area contributed by atoms with Gasteiger partial charge in [0.2, 0.25) is 5.91 Å². The number of rotatable bonds is 6. The first-order valence-electron chi connectivity index (χ1n) is 8.97. The zero-order valence-corrected chi connectivity index (χ0v) is 16.4. The number of benzene rings is 2. The first-order valence-corrected chi connectivity index (χ1v) is 9.79. The first kappa shape index (κ1) is 21.6. The lowest BCUT2D eigenvalue weighted by Gasteiger charge is -2.13. The Balaban J connectivity index is 1.52. The van der Waals surface area contributed by atoms with Crippen molar-refractivity contribution >= 4 is 34.9 Å². The van der Waals surface area contributed by atoms with Crippen LogP contribution in [-0.2, 0) is 22.2 Å². The summed E-state index contributed by atoms with van der Waals surface area (Å²) in [4.78, 5) is 37.8. The van der Waals surface area contributed by atoms with Gasteiger partial charge in [-0.2, -0.15) is 13.2 Å². The number of carbonyl (C=O) groups excluding carboxylic acids is 3. The summed E-state index contributed by atoms with van der Waals surface area (Å²) in [5.41, 5.74) is 0.187. The first-order chi connectivity index (χ1) is 14.2. The SMILES string of the molecule is O=C(Cc1cccc(C(F)(F)F)c1)NCCN1C(=O)S/C(=C\c2ccccc2)C1=O. The van der Waals surface area contributed by atoms with E-state index in [1.54, 1.807) is 6.08 Å². The molecular weight excluding hydrogens is 417 g/mol. The molecule has 1 heterocycles. The zero-order chi connectivity index (χ0) is 21.7. The number of hydrogen-bond donors (Lipinski definition) is 1. The monoisotopic (exact) mass is 434 g/mol. The molecule has 9 heteroatoms. The van der Waals surface area contributed by atoms with E-state index in [1.165, 1.54) is 12.1 Å². The molecule has 3 amide bonds. The van der Waals surface area contributed by atoms with Crippen LogP contribution in [0, 0.1) is 0 Å². The van der Waals surface area contributed by atoms with E-state index >= 15 is 0 Å². The van der Waals surface area contributed by atoms with Crippen LogP contribution in [0.3, 0.4) is 0 Å². The van der Waals surface area contributed by atoms with Crippen molar-refractivity contribution in [1.29, 1.82) is 0 Å². The molecule has 0 atom stereocenters. The number of carbonyl (C=O) groups is 3. The number of halogens is 3. The van der Waals surface area contributed by atoms with Crippen LogP contribution in [0.4, 0.5) is 18.0 Å². The van der Waals surface area contributed by atoms with Crippen LogP contribution in [0.1, 0.15) is 16.7 Å². The fourth-order valence-corrected chi connectivity index (χ4v) is 3.67. The van der Waals surface area contributed by atoms with Gasteiger partial charge >= 0.3 is 6.18 Å². The molecule has 0 saturated carbocycles. The van der Waals surface area contributed by atoms with Crippen molar-refractivity contribution in [3.63, 3.8) is 0 Å². The van der Waals surface area contributed by atoms with E-state index in [1.807, 2.05) is 30.3 Å². The van der Waals surface area contributed by atoms with Crippen LogP contribution in [0.15, 0.2) is 59.5 Å². The van der Waals surface area contributed by atoms with Gasteiger partial charge in [0.05, 0.1) is 16.9 Å². The van der Waals surface area contributed by atoms with E-state index in [2.05, 4.69) is 5.32 Å². The summed E-state index contributed by atoms with van der Waals surface area (Å²) < 4.78 is 38.2. The maximum Gasteiger partial charge on any atom is 0.416 e. The fraction of sp³-hybridized carbons (Fsp3) is 0.190. The van der Waals surface area contributed by atoms with E-state index in [4.69, 9.17) is 0 Å². The molecule has 2 aromatic carbocycles. The zero-order valence-electron chi connectivity index (χ0n) is 15.6. The molecule has 156 valence electrons. The van der Waals surface area contributed by atoms with E-state index < -0.39 is 28.8 Å². The summed E-state index contributed by atoms with van der Waals surface area (Å²) in [7, 11) is 0. The molecule has 5 nitrogen and oxygen atoms in total. The van der Waals surface area contributed by atoms with Crippen molar-refractivity contribution in [2.24, 2.45) is 0 Å². The smallest absolute Gasteiger partial charge is 0.354 e. The third-order valence-corrected chi connectivity index (χ3v) is 5.15. The second kappa shape index (κ2) is 9.17. The Hall–Kier alpha value is -3.07. The maximum absolute atomic E-state index is 12.7. The lowest BCUT2D eigenvalue weighted by Crippen LogP contribution is -2.37. The number of amides is 3. The van der Waals surface area contributed by atoms with Crippen LogP contribution in [-0.4, -0.2) is 35.0 Å². The lowest BCUT2D eigenvalue weighted by molar-refractivity contribution is -0.137. The largest absolute Gasteiger partial charge is 0.416 e. The molecule has 3 rings (SSSR count). The van der Waals surface area contributed by atoms with Crippen molar-refractivity contribution in [2.45, 2.75) is 12.6 Å². The number of thioether (sulfide) groups is 1. The number of imide groups is 1. The minimum absolute atomic E-state index is 0.00838. The Morgan fingerprint density at radius 1 is 1.07 bits per heavy atom. The third kappa shape index (κ3) is 5.50. The predicted molar refractivity (Wildman–Crippen MR) is 107 cm³/mol. The summed E-state index contributed by atoms with van der Waals surface area (Å²) in [6.45, 7) is -0.0143. The highest BCUT2D eigenvalue weighted by atomic mass is 32.2. The fourth-order valence-electron chi connectivity index (χ4n) is 2.81. The molecule has 1 saturated heterocycles. The third-order valence-electron chi connectivity index (χ3n) is 4.25. The van der Waals surface area contributed by atoms with Gasteiger partial charge in [0.15, 0.2) is 0 Å². The Morgan fingerprint density at radius 3 is 2.50 bits per heavy atom. The van der Waals surface area contributed by atoms with E-state index in [0.29, 0.717) is 4.91 Å². The number of nitrogens with zero attached hydrogens (tertiary/aromatic N) is 1. The van der Waals surface area contributed by atoms with Crippen molar-refractivity contribution in [2.75, 3.05) is 13.1 Å². The minimum atomic E-state index is -4.48. The molecule has 0 radical (unpaired) electrons.